The van der Waals surface area contributed by atoms with Gasteiger partial charge in [-0.3, -0.25) is 0 Å². The molecule has 1 rings (SSSR count). The minimum absolute atomic E-state index is 0.365. The van der Waals surface area contributed by atoms with Crippen LogP contribution in [0.5, 0.6) is 0 Å². The summed E-state index contributed by atoms with van der Waals surface area (Å²) in [7, 11) is -0.0624. The van der Waals surface area contributed by atoms with Crippen molar-refractivity contribution in [1.29, 1.82) is 0 Å². The first kappa shape index (κ1) is 18.1. The lowest BCUT2D eigenvalue weighted by molar-refractivity contribution is 0.180. The van der Waals surface area contributed by atoms with E-state index in [1.165, 1.54) is 4.31 Å². The number of hydrogen-bond donors (Lipinski definition) is 1. The molecule has 0 bridgehead atoms. The van der Waals surface area contributed by atoms with Crippen molar-refractivity contribution in [2.75, 3.05) is 33.9 Å². The van der Waals surface area contributed by atoms with E-state index in [4.69, 9.17) is 4.74 Å². The van der Waals surface area contributed by atoms with E-state index in [2.05, 4.69) is 5.32 Å². The standard InChI is InChI=1S/C15H26N2O3S/c1-6-17(7-8-20-5)21(18,19)15-10-14(11-16-4)12(2)9-13(15)3/h9-10,16H,6-8,11H2,1-5H3. The van der Waals surface area contributed by atoms with Gasteiger partial charge in [-0.05, 0) is 43.7 Å². The number of likely N-dealkylation sites (N-methyl/N-ethyl adjacent to an activating group) is 1. The minimum Gasteiger partial charge on any atom is -0.383 e. The van der Waals surface area contributed by atoms with Crippen molar-refractivity contribution in [3.05, 3.63) is 28.8 Å². The molecule has 1 N–H and O–H groups in total. The van der Waals surface area contributed by atoms with Crippen molar-refractivity contribution in [3.63, 3.8) is 0 Å². The molecule has 0 saturated carbocycles. The normalized spacial score (nSPS) is 12.1. The molecule has 5 nitrogen and oxygen atoms in total. The first-order chi connectivity index (χ1) is 9.88. The van der Waals surface area contributed by atoms with E-state index in [9.17, 15) is 8.42 Å². The number of hydrogen-bond acceptors (Lipinski definition) is 4. The van der Waals surface area contributed by atoms with Gasteiger partial charge < -0.3 is 10.1 Å². The average molecular weight is 314 g/mol. The van der Waals surface area contributed by atoms with E-state index in [1.54, 1.807) is 13.2 Å². The summed E-state index contributed by atoms with van der Waals surface area (Å²) in [5.41, 5.74) is 2.88. The third-order valence-corrected chi connectivity index (χ3v) is 5.63. The number of nitrogens with zero attached hydrogens (tertiary/aromatic N) is 1. The summed E-state index contributed by atoms with van der Waals surface area (Å²) in [6.07, 6.45) is 0. The van der Waals surface area contributed by atoms with Crippen molar-refractivity contribution in [1.82, 2.24) is 9.62 Å². The number of ether oxygens (including phenoxy) is 1. The topological polar surface area (TPSA) is 58.6 Å². The highest BCUT2D eigenvalue weighted by atomic mass is 32.2. The van der Waals surface area contributed by atoms with Crippen LogP contribution in [0, 0.1) is 13.8 Å². The zero-order valence-electron chi connectivity index (χ0n) is 13.6. The van der Waals surface area contributed by atoms with E-state index in [1.807, 2.05) is 33.9 Å². The monoisotopic (exact) mass is 314 g/mol. The molecule has 0 spiro atoms. The molecular formula is C15H26N2O3S. The molecule has 6 heteroatoms. The van der Waals surface area contributed by atoms with Crippen molar-refractivity contribution in [2.24, 2.45) is 0 Å². The second kappa shape index (κ2) is 7.89. The van der Waals surface area contributed by atoms with Gasteiger partial charge in [0.25, 0.3) is 0 Å². The molecule has 0 fully saturated rings. The Morgan fingerprint density at radius 1 is 1.24 bits per heavy atom. The number of methoxy groups -OCH3 is 1. The zero-order chi connectivity index (χ0) is 16.0. The van der Waals surface area contributed by atoms with Crippen LogP contribution in [0.2, 0.25) is 0 Å². The summed E-state index contributed by atoms with van der Waals surface area (Å²) < 4.78 is 32.1. The molecule has 0 aliphatic carbocycles. The molecule has 0 unspecified atom stereocenters. The highest BCUT2D eigenvalue weighted by Crippen LogP contribution is 2.23. The predicted molar refractivity (Wildman–Crippen MR) is 85.0 cm³/mol. The number of sulfonamides is 1. The van der Waals surface area contributed by atoms with E-state index < -0.39 is 10.0 Å². The zero-order valence-corrected chi connectivity index (χ0v) is 14.4. The van der Waals surface area contributed by atoms with Crippen LogP contribution in [0.3, 0.4) is 0 Å². The fraction of sp³-hybridized carbons (Fsp3) is 0.600. The summed E-state index contributed by atoms with van der Waals surface area (Å²) in [5, 5.41) is 3.07. The van der Waals surface area contributed by atoms with Crippen LogP contribution in [-0.4, -0.2) is 46.6 Å². The van der Waals surface area contributed by atoms with Gasteiger partial charge in [-0.2, -0.15) is 4.31 Å². The lowest BCUT2D eigenvalue weighted by Gasteiger charge is -2.22. The van der Waals surface area contributed by atoms with Crippen molar-refractivity contribution < 1.29 is 13.2 Å². The van der Waals surface area contributed by atoms with Crippen molar-refractivity contribution in [2.45, 2.75) is 32.2 Å². The van der Waals surface area contributed by atoms with Gasteiger partial charge in [-0.1, -0.05) is 13.0 Å². The Kier molecular flexibility index (Phi) is 6.80. The molecule has 120 valence electrons. The molecule has 0 aliphatic rings. The van der Waals surface area contributed by atoms with E-state index in [0.29, 0.717) is 31.1 Å². The number of aryl methyl sites for hydroxylation is 2. The highest BCUT2D eigenvalue weighted by molar-refractivity contribution is 7.89. The van der Waals surface area contributed by atoms with Gasteiger partial charge in [0.05, 0.1) is 11.5 Å². The van der Waals surface area contributed by atoms with Gasteiger partial charge in [-0.25, -0.2) is 8.42 Å². The quantitative estimate of drug-likeness (QED) is 0.793. The van der Waals surface area contributed by atoms with Crippen LogP contribution >= 0.6 is 0 Å². The molecule has 0 amide bonds. The summed E-state index contributed by atoms with van der Waals surface area (Å²) in [4.78, 5) is 0.385. The van der Waals surface area contributed by atoms with Gasteiger partial charge in [-0.15, -0.1) is 0 Å². The second-order valence-electron chi connectivity index (χ2n) is 5.06. The molecule has 1 aromatic carbocycles. The Balaban J connectivity index is 3.26. The molecule has 0 heterocycles. The fourth-order valence-electron chi connectivity index (χ4n) is 2.31. The Morgan fingerprint density at radius 2 is 1.90 bits per heavy atom. The van der Waals surface area contributed by atoms with Gasteiger partial charge in [0.2, 0.25) is 10.0 Å². The smallest absolute Gasteiger partial charge is 0.243 e. The SMILES string of the molecule is CCN(CCOC)S(=O)(=O)c1cc(CNC)c(C)cc1C. The first-order valence-electron chi connectivity index (χ1n) is 7.12. The Labute approximate surface area is 128 Å². The van der Waals surface area contributed by atoms with Gasteiger partial charge in [0, 0.05) is 26.7 Å². The number of nitrogens with one attached hydrogen (secondary N) is 1. The molecule has 0 atom stereocenters. The first-order valence-corrected chi connectivity index (χ1v) is 8.56. The largest absolute Gasteiger partial charge is 0.383 e. The summed E-state index contributed by atoms with van der Waals surface area (Å²) >= 11 is 0. The van der Waals surface area contributed by atoms with E-state index in [-0.39, 0.29) is 0 Å². The van der Waals surface area contributed by atoms with Gasteiger partial charge in [0.15, 0.2) is 0 Å². The second-order valence-corrected chi connectivity index (χ2v) is 6.97. The maximum absolute atomic E-state index is 12.8. The molecule has 0 saturated heterocycles. The third kappa shape index (κ3) is 4.26. The van der Waals surface area contributed by atoms with Crippen LogP contribution in [-0.2, 0) is 21.3 Å². The van der Waals surface area contributed by atoms with Crippen LogP contribution in [0.25, 0.3) is 0 Å². The summed E-state index contributed by atoms with van der Waals surface area (Å²) in [5.74, 6) is 0. The maximum atomic E-state index is 12.8. The van der Waals surface area contributed by atoms with E-state index >= 15 is 0 Å². The summed E-state index contributed by atoms with van der Waals surface area (Å²) in [6.45, 7) is 7.52. The number of rotatable bonds is 8. The lowest BCUT2D eigenvalue weighted by Crippen LogP contribution is -2.34. The fourth-order valence-corrected chi connectivity index (χ4v) is 4.00. The van der Waals surface area contributed by atoms with Crippen molar-refractivity contribution in [3.8, 4) is 0 Å². The maximum Gasteiger partial charge on any atom is 0.243 e. The van der Waals surface area contributed by atoms with Gasteiger partial charge in [0.1, 0.15) is 0 Å². The van der Waals surface area contributed by atoms with Crippen LogP contribution in [0.4, 0.5) is 0 Å². The molecule has 21 heavy (non-hydrogen) atoms. The number of benzene rings is 1. The third-order valence-electron chi connectivity index (χ3n) is 3.52. The highest BCUT2D eigenvalue weighted by Gasteiger charge is 2.25. The molecule has 1 aromatic rings. The lowest BCUT2D eigenvalue weighted by atomic mass is 10.1. The molecule has 0 radical (unpaired) electrons. The average Bonchev–Trinajstić information content (AvgIpc) is 2.42. The van der Waals surface area contributed by atoms with Crippen LogP contribution in [0.15, 0.2) is 17.0 Å². The van der Waals surface area contributed by atoms with Gasteiger partial charge >= 0.3 is 0 Å². The summed E-state index contributed by atoms with van der Waals surface area (Å²) in [6, 6.07) is 3.72. The van der Waals surface area contributed by atoms with E-state index in [0.717, 1.165) is 16.7 Å². The molecular weight excluding hydrogens is 288 g/mol. The Morgan fingerprint density at radius 3 is 2.43 bits per heavy atom. The molecule has 0 aromatic heterocycles. The predicted octanol–water partition coefficient (Wildman–Crippen LogP) is 1.68. The van der Waals surface area contributed by atoms with Crippen molar-refractivity contribution >= 4 is 10.0 Å². The Hall–Kier alpha value is -0.950. The Bertz CT molecular complexity index is 571. The van der Waals surface area contributed by atoms with Crippen LogP contribution in [0.1, 0.15) is 23.6 Å². The molecule has 0 aliphatic heterocycles. The minimum atomic E-state index is -3.49. The van der Waals surface area contributed by atoms with Crippen LogP contribution < -0.4 is 5.32 Å².